The molecule has 1 aliphatic rings. The molecule has 1 atom stereocenters. The lowest BCUT2D eigenvalue weighted by atomic mass is 9.72. The lowest BCUT2D eigenvalue weighted by Gasteiger charge is -2.33. The molecule has 82 valence electrons. The van der Waals surface area contributed by atoms with Crippen LogP contribution >= 0.6 is 0 Å². The maximum Gasteiger partial charge on any atom is 0.0762 e. The molecule has 2 rings (SSSR count). The van der Waals surface area contributed by atoms with E-state index in [1.54, 1.807) is 0 Å². The number of aliphatic hydroxyl groups excluding tert-OH is 1. The molecule has 0 radical (unpaired) electrons. The van der Waals surface area contributed by atoms with E-state index in [9.17, 15) is 5.11 Å². The fourth-order valence-electron chi connectivity index (χ4n) is 2.60. The van der Waals surface area contributed by atoms with Gasteiger partial charge in [0.05, 0.1) is 6.10 Å². The van der Waals surface area contributed by atoms with Gasteiger partial charge in [-0.15, -0.1) is 0 Å². The Balaban J connectivity index is 2.45. The van der Waals surface area contributed by atoms with Crippen molar-refractivity contribution < 1.29 is 5.11 Å². The number of aryl methyl sites for hydroxylation is 1. The summed E-state index contributed by atoms with van der Waals surface area (Å²) < 4.78 is 0. The molecule has 0 heterocycles. The van der Waals surface area contributed by atoms with Crippen molar-refractivity contribution in [3.63, 3.8) is 0 Å². The second kappa shape index (κ2) is 3.64. The summed E-state index contributed by atoms with van der Waals surface area (Å²) >= 11 is 0. The highest BCUT2D eigenvalue weighted by atomic mass is 16.3. The molecule has 15 heavy (non-hydrogen) atoms. The van der Waals surface area contributed by atoms with Crippen molar-refractivity contribution in [1.82, 2.24) is 0 Å². The van der Waals surface area contributed by atoms with Gasteiger partial charge in [-0.3, -0.25) is 0 Å². The van der Waals surface area contributed by atoms with Crippen LogP contribution in [0.25, 0.3) is 0 Å². The van der Waals surface area contributed by atoms with Gasteiger partial charge < -0.3 is 5.11 Å². The lowest BCUT2D eigenvalue weighted by Crippen LogP contribution is -2.23. The van der Waals surface area contributed by atoms with Crippen LogP contribution in [0.3, 0.4) is 0 Å². The molecular formula is C14H20O. The van der Waals surface area contributed by atoms with E-state index in [-0.39, 0.29) is 6.10 Å². The Morgan fingerprint density at radius 1 is 1.33 bits per heavy atom. The largest absolute Gasteiger partial charge is 0.389 e. The topological polar surface area (TPSA) is 20.2 Å². The third-order valence-corrected chi connectivity index (χ3v) is 3.59. The Hall–Kier alpha value is -0.820. The van der Waals surface area contributed by atoms with Crippen molar-refractivity contribution in [2.24, 2.45) is 0 Å². The van der Waals surface area contributed by atoms with Crippen molar-refractivity contribution in [2.75, 3.05) is 0 Å². The summed E-state index contributed by atoms with van der Waals surface area (Å²) in [4.78, 5) is 0. The molecule has 0 saturated heterocycles. The van der Waals surface area contributed by atoms with E-state index in [1.165, 1.54) is 30.4 Å². The molecule has 0 amide bonds. The molecule has 1 aromatic carbocycles. The van der Waals surface area contributed by atoms with Crippen LogP contribution in [-0.4, -0.2) is 5.11 Å². The third-order valence-electron chi connectivity index (χ3n) is 3.59. The molecule has 1 N–H and O–H groups in total. The molecule has 0 saturated carbocycles. The molecule has 0 aromatic heterocycles. The van der Waals surface area contributed by atoms with E-state index in [1.807, 2.05) is 6.92 Å². The Kier molecular flexibility index (Phi) is 2.59. The standard InChI is InChI=1S/C14H20O/c1-10(15)11-6-7-13-12(9-11)5-4-8-14(13,2)3/h6-7,9-10,15H,4-5,8H2,1-3H3. The van der Waals surface area contributed by atoms with Crippen molar-refractivity contribution in [3.05, 3.63) is 34.9 Å². The normalized spacial score (nSPS) is 20.8. The Morgan fingerprint density at radius 2 is 2.07 bits per heavy atom. The molecule has 1 aromatic rings. The summed E-state index contributed by atoms with van der Waals surface area (Å²) in [6.07, 6.45) is 3.36. The molecule has 1 aliphatic carbocycles. The van der Waals surface area contributed by atoms with E-state index in [0.717, 1.165) is 5.56 Å². The molecule has 1 unspecified atom stereocenters. The number of aliphatic hydroxyl groups is 1. The van der Waals surface area contributed by atoms with Crippen LogP contribution in [0.15, 0.2) is 18.2 Å². The molecule has 1 heteroatoms. The highest BCUT2D eigenvalue weighted by Crippen LogP contribution is 2.37. The Bertz CT molecular complexity index is 364. The van der Waals surface area contributed by atoms with Crippen LogP contribution < -0.4 is 0 Å². The maximum atomic E-state index is 9.56. The third kappa shape index (κ3) is 1.93. The van der Waals surface area contributed by atoms with Crippen LogP contribution in [0.4, 0.5) is 0 Å². The van der Waals surface area contributed by atoms with E-state index in [0.29, 0.717) is 5.41 Å². The Morgan fingerprint density at radius 3 is 2.73 bits per heavy atom. The summed E-state index contributed by atoms with van der Waals surface area (Å²) in [6.45, 7) is 6.45. The second-order valence-corrected chi connectivity index (χ2v) is 5.33. The van der Waals surface area contributed by atoms with Gasteiger partial charge >= 0.3 is 0 Å². The highest BCUT2D eigenvalue weighted by Gasteiger charge is 2.27. The van der Waals surface area contributed by atoms with Gasteiger partial charge in [-0.2, -0.15) is 0 Å². The zero-order valence-corrected chi connectivity index (χ0v) is 9.88. The quantitative estimate of drug-likeness (QED) is 0.743. The van der Waals surface area contributed by atoms with Gasteiger partial charge in [0.2, 0.25) is 0 Å². The van der Waals surface area contributed by atoms with Gasteiger partial charge in [0, 0.05) is 0 Å². The van der Waals surface area contributed by atoms with Gasteiger partial charge in [-0.1, -0.05) is 32.0 Å². The van der Waals surface area contributed by atoms with Gasteiger partial charge in [0.25, 0.3) is 0 Å². The van der Waals surface area contributed by atoms with Crippen molar-refractivity contribution in [3.8, 4) is 0 Å². The average Bonchev–Trinajstić information content (AvgIpc) is 2.16. The van der Waals surface area contributed by atoms with E-state index in [4.69, 9.17) is 0 Å². The van der Waals surface area contributed by atoms with E-state index in [2.05, 4.69) is 32.0 Å². The van der Waals surface area contributed by atoms with Crippen molar-refractivity contribution in [1.29, 1.82) is 0 Å². The second-order valence-electron chi connectivity index (χ2n) is 5.33. The van der Waals surface area contributed by atoms with Gasteiger partial charge in [-0.25, -0.2) is 0 Å². The van der Waals surface area contributed by atoms with Crippen molar-refractivity contribution >= 4 is 0 Å². The molecule has 1 nitrogen and oxygen atoms in total. The minimum atomic E-state index is -0.347. The molecule has 0 spiro atoms. The molecule has 0 bridgehead atoms. The Labute approximate surface area is 92.1 Å². The zero-order valence-electron chi connectivity index (χ0n) is 9.88. The first-order valence-electron chi connectivity index (χ1n) is 5.82. The molecular weight excluding hydrogens is 184 g/mol. The van der Waals surface area contributed by atoms with Crippen LogP contribution in [0.5, 0.6) is 0 Å². The minimum absolute atomic E-state index is 0.310. The average molecular weight is 204 g/mol. The van der Waals surface area contributed by atoms with E-state index < -0.39 is 0 Å². The predicted molar refractivity (Wildman–Crippen MR) is 63.0 cm³/mol. The molecule has 0 fully saturated rings. The zero-order chi connectivity index (χ0) is 11.1. The predicted octanol–water partition coefficient (Wildman–Crippen LogP) is 3.35. The number of fused-ring (bicyclic) bond motifs is 1. The number of hydrogen-bond acceptors (Lipinski definition) is 1. The smallest absolute Gasteiger partial charge is 0.0762 e. The van der Waals surface area contributed by atoms with Gasteiger partial charge in [0.1, 0.15) is 0 Å². The summed E-state index contributed by atoms with van der Waals surface area (Å²) in [5.74, 6) is 0. The fraction of sp³-hybridized carbons (Fsp3) is 0.571. The summed E-state index contributed by atoms with van der Waals surface area (Å²) in [5.41, 5.74) is 4.26. The van der Waals surface area contributed by atoms with Crippen LogP contribution in [0.2, 0.25) is 0 Å². The van der Waals surface area contributed by atoms with Crippen molar-refractivity contribution in [2.45, 2.75) is 51.6 Å². The SMILES string of the molecule is CC(O)c1ccc2c(c1)CCCC2(C)C. The first-order chi connectivity index (χ1) is 7.00. The van der Waals surface area contributed by atoms with Crippen LogP contribution in [0, 0.1) is 0 Å². The van der Waals surface area contributed by atoms with Gasteiger partial charge in [-0.05, 0) is 48.3 Å². The monoisotopic (exact) mass is 204 g/mol. The first-order valence-corrected chi connectivity index (χ1v) is 5.82. The minimum Gasteiger partial charge on any atom is -0.389 e. The highest BCUT2D eigenvalue weighted by molar-refractivity contribution is 5.39. The maximum absolute atomic E-state index is 9.56. The summed E-state index contributed by atoms with van der Waals surface area (Å²) in [6, 6.07) is 6.45. The molecule has 0 aliphatic heterocycles. The van der Waals surface area contributed by atoms with Crippen LogP contribution in [-0.2, 0) is 11.8 Å². The fourth-order valence-corrected chi connectivity index (χ4v) is 2.60. The number of hydrogen-bond donors (Lipinski definition) is 1. The van der Waals surface area contributed by atoms with E-state index >= 15 is 0 Å². The van der Waals surface area contributed by atoms with Gasteiger partial charge in [0.15, 0.2) is 0 Å². The number of benzene rings is 1. The number of rotatable bonds is 1. The van der Waals surface area contributed by atoms with Crippen LogP contribution in [0.1, 0.15) is 56.4 Å². The summed E-state index contributed by atoms with van der Waals surface area (Å²) in [7, 11) is 0. The summed E-state index contributed by atoms with van der Waals surface area (Å²) in [5, 5.41) is 9.56. The lowest BCUT2D eigenvalue weighted by molar-refractivity contribution is 0.199. The first kappa shape index (κ1) is 10.7.